The van der Waals surface area contributed by atoms with Gasteiger partial charge in [-0.3, -0.25) is 4.99 Å². The van der Waals surface area contributed by atoms with Crippen LogP contribution in [0.25, 0.3) is 0 Å². The van der Waals surface area contributed by atoms with Crippen molar-refractivity contribution < 1.29 is 8.42 Å². The highest BCUT2D eigenvalue weighted by atomic mass is 32.2. The van der Waals surface area contributed by atoms with E-state index in [0.717, 1.165) is 11.3 Å². The van der Waals surface area contributed by atoms with Crippen molar-refractivity contribution in [2.24, 2.45) is 4.99 Å². The summed E-state index contributed by atoms with van der Waals surface area (Å²) in [6, 6.07) is 7.07. The van der Waals surface area contributed by atoms with Gasteiger partial charge in [-0.05, 0) is 17.7 Å². The van der Waals surface area contributed by atoms with Crippen molar-refractivity contribution in [2.45, 2.75) is 11.3 Å². The van der Waals surface area contributed by atoms with Gasteiger partial charge in [0.15, 0.2) is 9.84 Å². The van der Waals surface area contributed by atoms with Gasteiger partial charge in [-0.2, -0.15) is 0 Å². The van der Waals surface area contributed by atoms with Crippen LogP contribution in [-0.4, -0.2) is 26.9 Å². The Morgan fingerprint density at radius 3 is 2.69 bits per heavy atom. The van der Waals surface area contributed by atoms with E-state index in [2.05, 4.69) is 4.99 Å². The van der Waals surface area contributed by atoms with Crippen LogP contribution in [-0.2, 0) is 16.3 Å². The molecule has 0 radical (unpaired) electrons. The summed E-state index contributed by atoms with van der Waals surface area (Å²) in [6.45, 7) is 0.705. The van der Waals surface area contributed by atoms with Crippen molar-refractivity contribution in [1.29, 1.82) is 0 Å². The molecule has 0 N–H and O–H groups in total. The van der Waals surface area contributed by atoms with Gasteiger partial charge in [-0.15, -0.1) is 0 Å². The third kappa shape index (κ3) is 2.39. The smallest absolute Gasteiger partial charge is 0.175 e. The Labute approximate surface area is 95.4 Å². The predicted octanol–water partition coefficient (Wildman–Crippen LogP) is 1.64. The molecule has 0 bridgehead atoms. The second-order valence-electron chi connectivity index (χ2n) is 3.79. The lowest BCUT2D eigenvalue weighted by Gasteiger charge is -2.06. The minimum Gasteiger partial charge on any atom is -0.285 e. The number of benzene rings is 1. The summed E-state index contributed by atoms with van der Waals surface area (Å²) >= 11 is 0. The molecule has 0 spiro atoms. The first-order chi connectivity index (χ1) is 7.57. The van der Waals surface area contributed by atoms with E-state index in [1.165, 1.54) is 6.26 Å². The zero-order valence-electron chi connectivity index (χ0n) is 9.05. The minimum atomic E-state index is -3.15. The van der Waals surface area contributed by atoms with Crippen molar-refractivity contribution in [3.05, 3.63) is 42.0 Å². The summed E-state index contributed by atoms with van der Waals surface area (Å²) in [7, 11) is -3.15. The molecule has 0 aromatic heterocycles. The van der Waals surface area contributed by atoms with E-state index in [-0.39, 0.29) is 0 Å². The first kappa shape index (κ1) is 11.1. The molecule has 4 heteroatoms. The van der Waals surface area contributed by atoms with Crippen LogP contribution >= 0.6 is 0 Å². The van der Waals surface area contributed by atoms with Gasteiger partial charge in [0.05, 0.1) is 11.4 Å². The Kier molecular flexibility index (Phi) is 2.92. The fraction of sp³-hybridized carbons (Fsp3) is 0.250. The number of allylic oxidation sites excluding steroid dienone is 1. The monoisotopic (exact) mass is 235 g/mol. The quantitative estimate of drug-likeness (QED) is 0.799. The first-order valence-corrected chi connectivity index (χ1v) is 6.94. The first-order valence-electron chi connectivity index (χ1n) is 5.05. The van der Waals surface area contributed by atoms with Gasteiger partial charge in [0, 0.05) is 18.4 Å². The van der Waals surface area contributed by atoms with E-state index in [4.69, 9.17) is 0 Å². The topological polar surface area (TPSA) is 46.5 Å². The van der Waals surface area contributed by atoms with E-state index < -0.39 is 9.84 Å². The molecule has 0 amide bonds. The highest BCUT2D eigenvalue weighted by Crippen LogP contribution is 2.17. The largest absolute Gasteiger partial charge is 0.285 e. The number of hydrogen-bond acceptors (Lipinski definition) is 3. The van der Waals surface area contributed by atoms with Crippen LogP contribution in [0.15, 0.2) is 46.3 Å². The van der Waals surface area contributed by atoms with E-state index in [0.29, 0.717) is 17.9 Å². The van der Waals surface area contributed by atoms with Gasteiger partial charge in [0.1, 0.15) is 0 Å². The maximum atomic E-state index is 11.6. The Hall–Kier alpha value is -1.42. The summed E-state index contributed by atoms with van der Waals surface area (Å²) in [4.78, 5) is 4.67. The number of aliphatic imine (C=N–C) groups is 1. The van der Waals surface area contributed by atoms with Crippen LogP contribution in [0.2, 0.25) is 0 Å². The average Bonchev–Trinajstić information content (AvgIpc) is 2.70. The van der Waals surface area contributed by atoms with Gasteiger partial charge in [-0.25, -0.2) is 8.42 Å². The molecule has 16 heavy (non-hydrogen) atoms. The Morgan fingerprint density at radius 2 is 2.06 bits per heavy atom. The molecule has 0 unspecified atom stereocenters. The van der Waals surface area contributed by atoms with Crippen molar-refractivity contribution in [1.82, 2.24) is 0 Å². The molecule has 0 aliphatic carbocycles. The average molecular weight is 235 g/mol. The fourth-order valence-corrected chi connectivity index (χ4v) is 2.68. The number of nitrogens with zero attached hydrogens (tertiary/aromatic N) is 1. The van der Waals surface area contributed by atoms with E-state index in [1.807, 2.05) is 24.3 Å². The summed E-state index contributed by atoms with van der Waals surface area (Å²) < 4.78 is 23.1. The molecule has 0 saturated heterocycles. The lowest BCUT2D eigenvalue weighted by atomic mass is 10.1. The Morgan fingerprint density at radius 1 is 1.31 bits per heavy atom. The molecule has 0 saturated carbocycles. The standard InChI is InChI=1S/C12H13NO2S/c1-16(14,15)12-7-3-2-5-10(12)9-11-6-4-8-13-11/h2-7H,8-9H2,1H3. The molecular formula is C12H13NO2S. The van der Waals surface area contributed by atoms with Gasteiger partial charge < -0.3 is 0 Å². The second-order valence-corrected chi connectivity index (χ2v) is 5.78. The van der Waals surface area contributed by atoms with Crippen LogP contribution in [0, 0.1) is 0 Å². The normalized spacial score (nSPS) is 15.2. The molecule has 1 aliphatic heterocycles. The van der Waals surface area contributed by atoms with Crippen LogP contribution < -0.4 is 0 Å². The molecule has 0 atom stereocenters. The van der Waals surface area contributed by atoms with Gasteiger partial charge in [0.25, 0.3) is 0 Å². The van der Waals surface area contributed by atoms with Crippen molar-refractivity contribution >= 4 is 15.5 Å². The maximum absolute atomic E-state index is 11.6. The fourth-order valence-electron chi connectivity index (χ4n) is 1.73. The molecule has 3 nitrogen and oxygen atoms in total. The molecule has 1 heterocycles. The lowest BCUT2D eigenvalue weighted by Crippen LogP contribution is -2.06. The molecular weight excluding hydrogens is 222 g/mol. The van der Waals surface area contributed by atoms with Crippen LogP contribution in [0.3, 0.4) is 0 Å². The Bertz CT molecular complexity index is 556. The third-order valence-electron chi connectivity index (χ3n) is 2.45. The van der Waals surface area contributed by atoms with Crippen LogP contribution in [0.5, 0.6) is 0 Å². The SMILES string of the molecule is CS(=O)(=O)c1ccccc1CC1=NCC=C1. The third-order valence-corrected chi connectivity index (χ3v) is 3.65. The maximum Gasteiger partial charge on any atom is 0.175 e. The number of hydrogen-bond donors (Lipinski definition) is 0. The molecule has 1 aromatic rings. The van der Waals surface area contributed by atoms with Crippen molar-refractivity contribution in [3.63, 3.8) is 0 Å². The molecule has 1 aliphatic rings. The van der Waals surface area contributed by atoms with Gasteiger partial charge >= 0.3 is 0 Å². The number of sulfone groups is 1. The molecule has 2 rings (SSSR count). The predicted molar refractivity (Wildman–Crippen MR) is 64.7 cm³/mol. The van der Waals surface area contributed by atoms with Crippen molar-refractivity contribution in [2.75, 3.05) is 12.8 Å². The summed E-state index contributed by atoms with van der Waals surface area (Å²) in [5, 5.41) is 0. The van der Waals surface area contributed by atoms with Gasteiger partial charge in [-0.1, -0.05) is 24.3 Å². The highest BCUT2D eigenvalue weighted by molar-refractivity contribution is 7.90. The van der Waals surface area contributed by atoms with E-state index >= 15 is 0 Å². The molecule has 1 aromatic carbocycles. The molecule has 0 fully saturated rings. The van der Waals surface area contributed by atoms with Crippen LogP contribution in [0.1, 0.15) is 5.56 Å². The lowest BCUT2D eigenvalue weighted by molar-refractivity contribution is 0.601. The van der Waals surface area contributed by atoms with Gasteiger partial charge in [0.2, 0.25) is 0 Å². The van der Waals surface area contributed by atoms with E-state index in [1.54, 1.807) is 12.1 Å². The second kappa shape index (κ2) is 4.22. The summed E-state index contributed by atoms with van der Waals surface area (Å²) in [6.07, 6.45) is 5.73. The Balaban J connectivity index is 2.37. The number of rotatable bonds is 3. The van der Waals surface area contributed by atoms with Crippen molar-refractivity contribution in [3.8, 4) is 0 Å². The van der Waals surface area contributed by atoms with E-state index in [9.17, 15) is 8.42 Å². The van der Waals surface area contributed by atoms with Crippen LogP contribution in [0.4, 0.5) is 0 Å². The zero-order chi connectivity index (χ0) is 11.6. The minimum absolute atomic E-state index is 0.401. The zero-order valence-corrected chi connectivity index (χ0v) is 9.87. The molecule has 84 valence electrons. The summed E-state index contributed by atoms with van der Waals surface area (Å²) in [5.74, 6) is 0. The highest BCUT2D eigenvalue weighted by Gasteiger charge is 2.13. The summed E-state index contributed by atoms with van der Waals surface area (Å²) in [5.41, 5.74) is 1.76.